The molecule has 0 aliphatic heterocycles. The molecule has 0 fully saturated rings. The van der Waals surface area contributed by atoms with Crippen LogP contribution < -0.4 is 0 Å². The van der Waals surface area contributed by atoms with Gasteiger partial charge in [-0.2, -0.15) is 0 Å². The molecule has 2 aromatic carbocycles. The number of aldehydes is 1. The second-order valence-corrected chi connectivity index (χ2v) is 6.03. The quantitative estimate of drug-likeness (QED) is 0.458. The molecule has 0 spiro atoms. The van der Waals surface area contributed by atoms with Gasteiger partial charge in [0.25, 0.3) is 0 Å². The fraction of sp³-hybridized carbons (Fsp3) is 0. The minimum absolute atomic E-state index is 0.667. The fourth-order valence-corrected chi connectivity index (χ4v) is 3.23. The molecule has 0 saturated carbocycles. The summed E-state index contributed by atoms with van der Waals surface area (Å²) in [5, 5.41) is 3.16. The lowest BCUT2D eigenvalue weighted by atomic mass is 10.1. The molecule has 0 atom stereocenters. The normalized spacial score (nSPS) is 10.9. The maximum absolute atomic E-state index is 10.7. The van der Waals surface area contributed by atoms with Crippen LogP contribution in [0.15, 0.2) is 70.5 Å². The minimum Gasteiger partial charge on any atom is -0.456 e. The van der Waals surface area contributed by atoms with Gasteiger partial charge in [-0.1, -0.05) is 30.3 Å². The van der Waals surface area contributed by atoms with Crippen molar-refractivity contribution in [1.29, 1.82) is 0 Å². The highest BCUT2D eigenvalue weighted by Crippen LogP contribution is 2.32. The van der Waals surface area contributed by atoms with Crippen LogP contribution in [0.25, 0.3) is 32.7 Å². The van der Waals surface area contributed by atoms with Gasteiger partial charge in [0.2, 0.25) is 0 Å². The summed E-state index contributed by atoms with van der Waals surface area (Å²) in [6.45, 7) is 0. The second-order valence-electron chi connectivity index (χ2n) is 5.08. The minimum atomic E-state index is 0.667. The Morgan fingerprint density at radius 1 is 0.909 bits per heavy atom. The third-order valence-electron chi connectivity index (χ3n) is 3.65. The molecule has 2 aromatic heterocycles. The van der Waals surface area contributed by atoms with E-state index in [1.807, 2.05) is 24.3 Å². The van der Waals surface area contributed by atoms with Crippen molar-refractivity contribution in [2.75, 3.05) is 0 Å². The van der Waals surface area contributed by atoms with Crippen molar-refractivity contribution in [2.24, 2.45) is 0 Å². The largest absolute Gasteiger partial charge is 0.456 e. The summed E-state index contributed by atoms with van der Waals surface area (Å²) in [6.07, 6.45) is 0.843. The molecule has 4 rings (SSSR count). The Morgan fingerprint density at radius 2 is 1.73 bits per heavy atom. The van der Waals surface area contributed by atoms with Gasteiger partial charge in [-0.25, -0.2) is 0 Å². The monoisotopic (exact) mass is 304 g/mol. The number of furan rings is 1. The molecule has 0 aliphatic carbocycles. The van der Waals surface area contributed by atoms with Crippen LogP contribution in [0.1, 0.15) is 10.4 Å². The molecule has 106 valence electrons. The molecule has 0 bridgehead atoms. The zero-order chi connectivity index (χ0) is 14.9. The Bertz CT molecular complexity index is 931. The molecule has 3 heteroatoms. The number of thiophene rings is 1. The number of carbonyl (C=O) groups excluding carboxylic acids is 1. The van der Waals surface area contributed by atoms with Crippen molar-refractivity contribution in [3.8, 4) is 21.8 Å². The van der Waals surface area contributed by atoms with Gasteiger partial charge in [0, 0.05) is 21.4 Å². The van der Waals surface area contributed by atoms with Crippen molar-refractivity contribution < 1.29 is 9.21 Å². The van der Waals surface area contributed by atoms with E-state index in [1.165, 1.54) is 10.4 Å². The van der Waals surface area contributed by atoms with Gasteiger partial charge < -0.3 is 4.42 Å². The SMILES string of the molecule is O=Cc1ccc(-c2cc3cc(-c4cccs4)ccc3o2)cc1. The molecule has 0 N–H and O–H groups in total. The highest BCUT2D eigenvalue weighted by Gasteiger charge is 2.08. The van der Waals surface area contributed by atoms with E-state index >= 15 is 0 Å². The van der Waals surface area contributed by atoms with E-state index in [9.17, 15) is 4.79 Å². The summed E-state index contributed by atoms with van der Waals surface area (Å²) < 4.78 is 5.92. The van der Waals surface area contributed by atoms with Crippen LogP contribution in [0.3, 0.4) is 0 Å². The van der Waals surface area contributed by atoms with Crippen molar-refractivity contribution in [3.63, 3.8) is 0 Å². The highest BCUT2D eigenvalue weighted by atomic mass is 32.1. The van der Waals surface area contributed by atoms with Gasteiger partial charge in [0.1, 0.15) is 17.6 Å². The first kappa shape index (κ1) is 13.0. The van der Waals surface area contributed by atoms with Crippen LogP contribution >= 0.6 is 11.3 Å². The summed E-state index contributed by atoms with van der Waals surface area (Å²) in [7, 11) is 0. The topological polar surface area (TPSA) is 30.2 Å². The maximum Gasteiger partial charge on any atom is 0.150 e. The number of benzene rings is 2. The van der Waals surface area contributed by atoms with E-state index in [0.717, 1.165) is 28.6 Å². The lowest BCUT2D eigenvalue weighted by molar-refractivity contribution is 0.112. The Hall–Kier alpha value is -2.65. The summed E-state index contributed by atoms with van der Waals surface area (Å²) in [4.78, 5) is 12.0. The van der Waals surface area contributed by atoms with E-state index in [-0.39, 0.29) is 0 Å². The first-order valence-corrected chi connectivity index (χ1v) is 7.84. The standard InChI is InChI=1S/C19H12O2S/c20-12-13-3-5-14(6-4-13)18-11-16-10-15(7-8-17(16)21-18)19-2-1-9-22-19/h1-12H. The number of fused-ring (bicyclic) bond motifs is 1. The molecule has 0 unspecified atom stereocenters. The first-order chi connectivity index (χ1) is 10.8. The van der Waals surface area contributed by atoms with Crippen molar-refractivity contribution in [2.45, 2.75) is 0 Å². The Kier molecular flexibility index (Phi) is 3.13. The number of hydrogen-bond donors (Lipinski definition) is 0. The zero-order valence-corrected chi connectivity index (χ0v) is 12.5. The van der Waals surface area contributed by atoms with Crippen LogP contribution in [0, 0.1) is 0 Å². The molecule has 2 heterocycles. The Balaban J connectivity index is 1.78. The molecule has 0 saturated heterocycles. The molecular weight excluding hydrogens is 292 g/mol. The maximum atomic E-state index is 10.7. The first-order valence-electron chi connectivity index (χ1n) is 6.96. The van der Waals surface area contributed by atoms with E-state index in [4.69, 9.17) is 4.42 Å². The van der Waals surface area contributed by atoms with E-state index < -0.39 is 0 Å². The zero-order valence-electron chi connectivity index (χ0n) is 11.7. The van der Waals surface area contributed by atoms with Crippen LogP contribution in [0.2, 0.25) is 0 Å². The molecular formula is C19H12O2S. The summed E-state index contributed by atoms with van der Waals surface area (Å²) >= 11 is 1.73. The third kappa shape index (κ3) is 2.26. The van der Waals surface area contributed by atoms with Gasteiger partial charge in [-0.3, -0.25) is 4.79 Å². The van der Waals surface area contributed by atoms with Crippen LogP contribution in [-0.4, -0.2) is 6.29 Å². The molecule has 0 aliphatic rings. The van der Waals surface area contributed by atoms with Crippen molar-refractivity contribution in [3.05, 3.63) is 71.6 Å². The fourth-order valence-electron chi connectivity index (χ4n) is 2.51. The predicted octanol–water partition coefficient (Wildman–Crippen LogP) is 5.64. The second kappa shape index (κ2) is 5.28. The van der Waals surface area contributed by atoms with Gasteiger partial charge in [-0.05, 0) is 41.3 Å². The Morgan fingerprint density at radius 3 is 2.45 bits per heavy atom. The predicted molar refractivity (Wildman–Crippen MR) is 90.4 cm³/mol. The highest BCUT2D eigenvalue weighted by molar-refractivity contribution is 7.13. The number of hydrogen-bond acceptors (Lipinski definition) is 3. The third-order valence-corrected chi connectivity index (χ3v) is 4.57. The smallest absolute Gasteiger partial charge is 0.150 e. The average Bonchev–Trinajstić information content (AvgIpc) is 3.23. The van der Waals surface area contributed by atoms with Crippen LogP contribution in [0.4, 0.5) is 0 Å². The lowest BCUT2D eigenvalue weighted by Gasteiger charge is -1.96. The molecule has 2 nitrogen and oxygen atoms in total. The van der Waals surface area contributed by atoms with Crippen molar-refractivity contribution in [1.82, 2.24) is 0 Å². The molecule has 0 amide bonds. The number of carbonyl (C=O) groups is 1. The van der Waals surface area contributed by atoms with Crippen LogP contribution in [-0.2, 0) is 0 Å². The summed E-state index contributed by atoms with van der Waals surface area (Å²) in [5.74, 6) is 0.816. The van der Waals surface area contributed by atoms with Gasteiger partial charge >= 0.3 is 0 Å². The summed E-state index contributed by atoms with van der Waals surface area (Å²) in [6, 6.07) is 19.9. The van der Waals surface area contributed by atoms with Crippen molar-refractivity contribution >= 4 is 28.6 Å². The van der Waals surface area contributed by atoms with Gasteiger partial charge in [0.15, 0.2) is 0 Å². The van der Waals surface area contributed by atoms with Gasteiger partial charge in [0.05, 0.1) is 0 Å². The van der Waals surface area contributed by atoms with E-state index in [1.54, 1.807) is 23.5 Å². The molecule has 4 aromatic rings. The van der Waals surface area contributed by atoms with Gasteiger partial charge in [-0.15, -0.1) is 11.3 Å². The Labute approximate surface area is 131 Å². The molecule has 22 heavy (non-hydrogen) atoms. The average molecular weight is 304 g/mol. The van der Waals surface area contributed by atoms with E-state index in [2.05, 4.69) is 29.6 Å². The molecule has 0 radical (unpaired) electrons. The van der Waals surface area contributed by atoms with Crippen LogP contribution in [0.5, 0.6) is 0 Å². The van der Waals surface area contributed by atoms with E-state index in [0.29, 0.717) is 5.56 Å². The lowest BCUT2D eigenvalue weighted by Crippen LogP contribution is -1.78. The number of rotatable bonds is 3. The summed E-state index contributed by atoms with van der Waals surface area (Å²) in [5.41, 5.74) is 3.71.